The van der Waals surface area contributed by atoms with E-state index < -0.39 is 0 Å². The Kier molecular flexibility index (Phi) is 3.19. The summed E-state index contributed by atoms with van der Waals surface area (Å²) in [6.45, 7) is 4.55. The van der Waals surface area contributed by atoms with Gasteiger partial charge in [0.15, 0.2) is 0 Å². The molecule has 90 valence electrons. The minimum Gasteiger partial charge on any atom is -0.316 e. The summed E-state index contributed by atoms with van der Waals surface area (Å²) < 4.78 is 2.41. The van der Waals surface area contributed by atoms with E-state index in [0.717, 1.165) is 23.1 Å². The molecule has 2 unspecified atom stereocenters. The molecule has 2 aromatic rings. The number of aromatic nitrogens is 1. The molecule has 2 heterocycles. The summed E-state index contributed by atoms with van der Waals surface area (Å²) in [6.07, 6.45) is 1.21. The second-order valence-electron chi connectivity index (χ2n) is 4.74. The number of piperidine rings is 1. The highest BCUT2D eigenvalue weighted by Gasteiger charge is 2.25. The predicted molar refractivity (Wildman–Crippen MR) is 76.7 cm³/mol. The summed E-state index contributed by atoms with van der Waals surface area (Å²) in [5.41, 5.74) is 1.13. The minimum atomic E-state index is 0.632. The standard InChI is InChI=1S/C13H15BrN2S/c1-8-7-15-5-4-10(8)13-16-11-6-9(14)2-3-12(11)17-13/h2-3,6,8,10,15H,4-5,7H2,1H3. The molecule has 3 rings (SSSR count). The molecule has 1 aromatic heterocycles. The van der Waals surface area contributed by atoms with E-state index in [2.05, 4.69) is 46.4 Å². The van der Waals surface area contributed by atoms with Gasteiger partial charge in [-0.2, -0.15) is 0 Å². The van der Waals surface area contributed by atoms with Gasteiger partial charge < -0.3 is 5.32 Å². The lowest BCUT2D eigenvalue weighted by molar-refractivity contribution is 0.349. The van der Waals surface area contributed by atoms with Gasteiger partial charge in [0.1, 0.15) is 0 Å². The zero-order valence-corrected chi connectivity index (χ0v) is 12.1. The van der Waals surface area contributed by atoms with Crippen LogP contribution in [0.4, 0.5) is 0 Å². The Balaban J connectivity index is 1.99. The quantitative estimate of drug-likeness (QED) is 0.867. The van der Waals surface area contributed by atoms with E-state index in [4.69, 9.17) is 4.98 Å². The topological polar surface area (TPSA) is 24.9 Å². The Labute approximate surface area is 114 Å². The Morgan fingerprint density at radius 3 is 3.18 bits per heavy atom. The number of halogens is 1. The second-order valence-corrected chi connectivity index (χ2v) is 6.72. The monoisotopic (exact) mass is 310 g/mol. The van der Waals surface area contributed by atoms with Crippen molar-refractivity contribution in [3.8, 4) is 0 Å². The van der Waals surface area contributed by atoms with Crippen LogP contribution in [0.1, 0.15) is 24.3 Å². The van der Waals surface area contributed by atoms with Crippen molar-refractivity contribution < 1.29 is 0 Å². The third-order valence-electron chi connectivity index (χ3n) is 3.47. The molecule has 0 radical (unpaired) electrons. The molecule has 0 spiro atoms. The van der Waals surface area contributed by atoms with Crippen molar-refractivity contribution in [2.45, 2.75) is 19.3 Å². The molecule has 1 aromatic carbocycles. The van der Waals surface area contributed by atoms with Gasteiger partial charge in [0.2, 0.25) is 0 Å². The molecule has 1 saturated heterocycles. The molecule has 1 fully saturated rings. The number of benzene rings is 1. The molecule has 0 bridgehead atoms. The lowest BCUT2D eigenvalue weighted by Gasteiger charge is -2.27. The van der Waals surface area contributed by atoms with Crippen molar-refractivity contribution in [2.24, 2.45) is 5.92 Å². The molecule has 2 atom stereocenters. The van der Waals surface area contributed by atoms with E-state index in [1.54, 1.807) is 0 Å². The molecule has 1 aliphatic rings. The van der Waals surface area contributed by atoms with Crippen LogP contribution in [0.5, 0.6) is 0 Å². The first kappa shape index (κ1) is 11.6. The van der Waals surface area contributed by atoms with Gasteiger partial charge in [-0.05, 0) is 43.6 Å². The first-order valence-electron chi connectivity index (χ1n) is 6.01. The Hall–Kier alpha value is -0.450. The van der Waals surface area contributed by atoms with Crippen LogP contribution >= 0.6 is 27.3 Å². The lowest BCUT2D eigenvalue weighted by atomic mass is 9.88. The van der Waals surface area contributed by atoms with Gasteiger partial charge in [0, 0.05) is 10.4 Å². The molecule has 17 heavy (non-hydrogen) atoms. The van der Waals surface area contributed by atoms with Gasteiger partial charge in [-0.15, -0.1) is 11.3 Å². The average Bonchev–Trinajstić information content (AvgIpc) is 2.72. The van der Waals surface area contributed by atoms with E-state index in [1.165, 1.54) is 16.1 Å². The molecule has 2 nitrogen and oxygen atoms in total. The van der Waals surface area contributed by atoms with Crippen LogP contribution in [-0.2, 0) is 0 Å². The molecule has 1 aliphatic heterocycles. The first-order chi connectivity index (χ1) is 8.24. The fraction of sp³-hybridized carbons (Fsp3) is 0.462. The van der Waals surface area contributed by atoms with Gasteiger partial charge in [0.05, 0.1) is 15.2 Å². The Morgan fingerprint density at radius 2 is 2.35 bits per heavy atom. The number of hydrogen-bond donors (Lipinski definition) is 1. The fourth-order valence-electron chi connectivity index (χ4n) is 2.46. The van der Waals surface area contributed by atoms with Crippen molar-refractivity contribution in [1.82, 2.24) is 10.3 Å². The summed E-state index contributed by atoms with van der Waals surface area (Å²) in [4.78, 5) is 4.81. The molecular weight excluding hydrogens is 296 g/mol. The van der Waals surface area contributed by atoms with Crippen LogP contribution in [0, 0.1) is 5.92 Å². The van der Waals surface area contributed by atoms with Crippen LogP contribution in [-0.4, -0.2) is 18.1 Å². The van der Waals surface area contributed by atoms with E-state index >= 15 is 0 Å². The van der Waals surface area contributed by atoms with Crippen molar-refractivity contribution in [3.63, 3.8) is 0 Å². The van der Waals surface area contributed by atoms with Crippen LogP contribution in [0.3, 0.4) is 0 Å². The zero-order chi connectivity index (χ0) is 11.8. The van der Waals surface area contributed by atoms with Crippen molar-refractivity contribution >= 4 is 37.5 Å². The van der Waals surface area contributed by atoms with Crippen LogP contribution < -0.4 is 5.32 Å². The van der Waals surface area contributed by atoms with Gasteiger partial charge >= 0.3 is 0 Å². The van der Waals surface area contributed by atoms with E-state index in [0.29, 0.717) is 11.8 Å². The average molecular weight is 311 g/mol. The Morgan fingerprint density at radius 1 is 1.47 bits per heavy atom. The van der Waals surface area contributed by atoms with Crippen LogP contribution in [0.15, 0.2) is 22.7 Å². The highest BCUT2D eigenvalue weighted by atomic mass is 79.9. The number of thiazole rings is 1. The van der Waals surface area contributed by atoms with Gasteiger partial charge in [0.25, 0.3) is 0 Å². The third kappa shape index (κ3) is 2.26. The lowest BCUT2D eigenvalue weighted by Crippen LogP contribution is -2.33. The Bertz CT molecular complexity index is 537. The highest BCUT2D eigenvalue weighted by molar-refractivity contribution is 9.10. The minimum absolute atomic E-state index is 0.632. The summed E-state index contributed by atoms with van der Waals surface area (Å²) in [6, 6.07) is 6.36. The maximum atomic E-state index is 4.81. The van der Waals surface area contributed by atoms with Gasteiger partial charge in [-0.25, -0.2) is 4.98 Å². The SMILES string of the molecule is CC1CNCCC1c1nc2cc(Br)ccc2s1. The molecular formula is C13H15BrN2S. The predicted octanol–water partition coefficient (Wildman–Crippen LogP) is 3.77. The second kappa shape index (κ2) is 4.67. The number of hydrogen-bond acceptors (Lipinski definition) is 3. The maximum absolute atomic E-state index is 4.81. The summed E-state index contributed by atoms with van der Waals surface area (Å²) in [5.74, 6) is 1.32. The number of fused-ring (bicyclic) bond motifs is 1. The molecule has 4 heteroatoms. The fourth-order valence-corrected chi connectivity index (χ4v) is 4.02. The molecule has 0 aliphatic carbocycles. The van der Waals surface area contributed by atoms with E-state index in [1.807, 2.05) is 11.3 Å². The first-order valence-corrected chi connectivity index (χ1v) is 7.61. The number of rotatable bonds is 1. The summed E-state index contributed by atoms with van der Waals surface area (Å²) >= 11 is 5.36. The van der Waals surface area contributed by atoms with Crippen LogP contribution in [0.25, 0.3) is 10.2 Å². The molecule has 0 saturated carbocycles. The van der Waals surface area contributed by atoms with E-state index in [9.17, 15) is 0 Å². The molecule has 0 amide bonds. The normalized spacial score (nSPS) is 25.3. The largest absolute Gasteiger partial charge is 0.316 e. The van der Waals surface area contributed by atoms with Crippen LogP contribution in [0.2, 0.25) is 0 Å². The zero-order valence-electron chi connectivity index (χ0n) is 9.74. The van der Waals surface area contributed by atoms with E-state index in [-0.39, 0.29) is 0 Å². The van der Waals surface area contributed by atoms with Crippen molar-refractivity contribution in [3.05, 3.63) is 27.7 Å². The van der Waals surface area contributed by atoms with Crippen molar-refractivity contribution in [2.75, 3.05) is 13.1 Å². The highest BCUT2D eigenvalue weighted by Crippen LogP contribution is 2.35. The smallest absolute Gasteiger partial charge is 0.0973 e. The summed E-state index contributed by atoms with van der Waals surface area (Å²) in [7, 11) is 0. The number of nitrogens with zero attached hydrogens (tertiary/aromatic N) is 1. The summed E-state index contributed by atoms with van der Waals surface area (Å²) in [5, 5.41) is 4.76. The third-order valence-corrected chi connectivity index (χ3v) is 5.13. The molecule has 1 N–H and O–H groups in total. The number of nitrogens with one attached hydrogen (secondary N) is 1. The maximum Gasteiger partial charge on any atom is 0.0973 e. The van der Waals surface area contributed by atoms with Crippen molar-refractivity contribution in [1.29, 1.82) is 0 Å². The van der Waals surface area contributed by atoms with Gasteiger partial charge in [-0.3, -0.25) is 0 Å². The van der Waals surface area contributed by atoms with Gasteiger partial charge in [-0.1, -0.05) is 22.9 Å².